The fourth-order valence-corrected chi connectivity index (χ4v) is 3.01. The molecule has 1 aromatic carbocycles. The van der Waals surface area contributed by atoms with Crippen molar-refractivity contribution >= 4 is 37.8 Å². The summed E-state index contributed by atoms with van der Waals surface area (Å²) in [6, 6.07) is 4.73. The molecule has 0 saturated carbocycles. The van der Waals surface area contributed by atoms with Crippen LogP contribution in [0.5, 0.6) is 0 Å². The topological polar surface area (TPSA) is 20.3 Å². The number of carbonyl (C=O) groups is 1. The minimum Gasteiger partial charge on any atom is -0.335 e. The predicted octanol–water partition coefficient (Wildman–Crippen LogP) is 4.61. The predicted molar refractivity (Wildman–Crippen MR) is 83.3 cm³/mol. The van der Waals surface area contributed by atoms with Crippen LogP contribution in [0.1, 0.15) is 37.0 Å². The molecule has 1 amide bonds. The molecule has 0 spiro atoms. The molecule has 1 rings (SSSR count). The molecule has 5 heteroatoms. The van der Waals surface area contributed by atoms with E-state index in [1.54, 1.807) is 17.0 Å². The molecule has 0 fully saturated rings. The maximum atomic E-state index is 13.9. The Morgan fingerprint density at radius 2 is 2.00 bits per heavy atom. The molecular weight excluding hydrogens is 377 g/mol. The van der Waals surface area contributed by atoms with Gasteiger partial charge in [0, 0.05) is 22.4 Å². The van der Waals surface area contributed by atoms with E-state index in [1.165, 1.54) is 6.07 Å². The lowest BCUT2D eigenvalue weighted by Crippen LogP contribution is -2.41. The highest BCUT2D eigenvalue weighted by molar-refractivity contribution is 9.10. The van der Waals surface area contributed by atoms with Crippen LogP contribution in [0, 0.1) is 5.82 Å². The number of alkyl halides is 1. The number of amides is 1. The van der Waals surface area contributed by atoms with Crippen LogP contribution in [-0.4, -0.2) is 28.7 Å². The molecule has 0 N–H and O–H groups in total. The third-order valence-electron chi connectivity index (χ3n) is 3.15. The van der Waals surface area contributed by atoms with Crippen molar-refractivity contribution in [3.63, 3.8) is 0 Å². The summed E-state index contributed by atoms with van der Waals surface area (Å²) in [4.78, 5) is 14.3. The SMILES string of the molecule is CCC(CC)N(CCBr)C(=O)c1c(F)cccc1Br. The Labute approximate surface area is 130 Å². The van der Waals surface area contributed by atoms with Crippen LogP contribution in [-0.2, 0) is 0 Å². The second kappa shape index (κ2) is 8.00. The maximum absolute atomic E-state index is 13.9. The number of hydrogen-bond donors (Lipinski definition) is 0. The van der Waals surface area contributed by atoms with Gasteiger partial charge in [-0.25, -0.2) is 4.39 Å². The molecule has 0 atom stereocenters. The molecule has 0 aliphatic carbocycles. The third-order valence-corrected chi connectivity index (χ3v) is 4.16. The number of nitrogens with zero attached hydrogens (tertiary/aromatic N) is 1. The average Bonchev–Trinajstić information content (AvgIpc) is 2.38. The first kappa shape index (κ1) is 16.6. The van der Waals surface area contributed by atoms with Crippen molar-refractivity contribution in [3.8, 4) is 0 Å². The minimum absolute atomic E-state index is 0.121. The van der Waals surface area contributed by atoms with E-state index in [0.29, 0.717) is 16.3 Å². The zero-order valence-corrected chi connectivity index (χ0v) is 14.3. The van der Waals surface area contributed by atoms with Gasteiger partial charge in [0.15, 0.2) is 0 Å². The van der Waals surface area contributed by atoms with E-state index in [-0.39, 0.29) is 17.5 Å². The van der Waals surface area contributed by atoms with Crippen LogP contribution in [0.25, 0.3) is 0 Å². The summed E-state index contributed by atoms with van der Waals surface area (Å²) in [5.74, 6) is -0.733. The summed E-state index contributed by atoms with van der Waals surface area (Å²) >= 11 is 6.62. The van der Waals surface area contributed by atoms with E-state index in [2.05, 4.69) is 31.9 Å². The lowest BCUT2D eigenvalue weighted by Gasteiger charge is -2.30. The first-order valence-electron chi connectivity index (χ1n) is 6.37. The summed E-state index contributed by atoms with van der Waals surface area (Å²) in [5.41, 5.74) is 0.121. The molecule has 2 nitrogen and oxygen atoms in total. The Morgan fingerprint density at radius 1 is 1.37 bits per heavy atom. The smallest absolute Gasteiger partial charge is 0.258 e. The van der Waals surface area contributed by atoms with Gasteiger partial charge in [0.25, 0.3) is 5.91 Å². The first-order valence-corrected chi connectivity index (χ1v) is 8.29. The lowest BCUT2D eigenvalue weighted by molar-refractivity contribution is 0.0677. The first-order chi connectivity index (χ1) is 9.06. The average molecular weight is 395 g/mol. The normalized spacial score (nSPS) is 10.8. The fraction of sp³-hybridized carbons (Fsp3) is 0.500. The van der Waals surface area contributed by atoms with Crippen molar-refractivity contribution in [2.75, 3.05) is 11.9 Å². The van der Waals surface area contributed by atoms with Gasteiger partial charge in [0.2, 0.25) is 0 Å². The highest BCUT2D eigenvalue weighted by atomic mass is 79.9. The van der Waals surface area contributed by atoms with E-state index in [0.717, 1.165) is 12.8 Å². The van der Waals surface area contributed by atoms with Gasteiger partial charge in [-0.15, -0.1) is 0 Å². The molecule has 0 aliphatic heterocycles. The van der Waals surface area contributed by atoms with E-state index in [4.69, 9.17) is 0 Å². The number of rotatable bonds is 6. The standard InChI is InChI=1S/C14H18Br2FNO/c1-3-10(4-2)18(9-8-15)14(19)13-11(16)6-5-7-12(13)17/h5-7,10H,3-4,8-9H2,1-2H3. The lowest BCUT2D eigenvalue weighted by atomic mass is 10.1. The molecule has 0 heterocycles. The minimum atomic E-state index is -0.482. The van der Waals surface area contributed by atoms with Crippen LogP contribution >= 0.6 is 31.9 Å². The van der Waals surface area contributed by atoms with Gasteiger partial charge < -0.3 is 4.90 Å². The van der Waals surface area contributed by atoms with Gasteiger partial charge in [-0.05, 0) is 40.9 Å². The highest BCUT2D eigenvalue weighted by Gasteiger charge is 2.25. The van der Waals surface area contributed by atoms with E-state index in [1.807, 2.05) is 13.8 Å². The van der Waals surface area contributed by atoms with Crippen LogP contribution in [0.15, 0.2) is 22.7 Å². The van der Waals surface area contributed by atoms with Crippen LogP contribution < -0.4 is 0 Å². The molecule has 0 bridgehead atoms. The van der Waals surface area contributed by atoms with Gasteiger partial charge in [-0.1, -0.05) is 35.8 Å². The van der Waals surface area contributed by atoms with Crippen molar-refractivity contribution < 1.29 is 9.18 Å². The summed E-state index contributed by atoms with van der Waals surface area (Å²) in [5, 5.41) is 0.682. The van der Waals surface area contributed by atoms with Gasteiger partial charge in [-0.3, -0.25) is 4.79 Å². The summed E-state index contributed by atoms with van der Waals surface area (Å²) in [7, 11) is 0. The van der Waals surface area contributed by atoms with Crippen molar-refractivity contribution in [2.24, 2.45) is 0 Å². The zero-order valence-electron chi connectivity index (χ0n) is 11.1. The number of halogens is 3. The van der Waals surface area contributed by atoms with Crippen LogP contribution in [0.4, 0.5) is 4.39 Å². The Morgan fingerprint density at radius 3 is 2.47 bits per heavy atom. The highest BCUT2D eigenvalue weighted by Crippen LogP contribution is 2.23. The van der Waals surface area contributed by atoms with Crippen LogP contribution in [0.2, 0.25) is 0 Å². The molecule has 0 unspecified atom stereocenters. The molecule has 0 aromatic heterocycles. The van der Waals surface area contributed by atoms with Gasteiger partial charge >= 0.3 is 0 Å². The zero-order chi connectivity index (χ0) is 14.4. The molecular formula is C14H18Br2FNO. The second-order valence-electron chi connectivity index (χ2n) is 4.25. The summed E-state index contributed by atoms with van der Waals surface area (Å²) in [6.07, 6.45) is 1.72. The third kappa shape index (κ3) is 4.02. The Balaban J connectivity index is 3.12. The van der Waals surface area contributed by atoms with E-state index in [9.17, 15) is 9.18 Å². The fourth-order valence-electron chi connectivity index (χ4n) is 2.12. The van der Waals surface area contributed by atoms with Gasteiger partial charge in [0.05, 0.1) is 5.56 Å². The van der Waals surface area contributed by atoms with Crippen LogP contribution in [0.3, 0.4) is 0 Å². The van der Waals surface area contributed by atoms with Crippen molar-refractivity contribution in [2.45, 2.75) is 32.7 Å². The number of hydrogen-bond acceptors (Lipinski definition) is 1. The van der Waals surface area contributed by atoms with Gasteiger partial charge in [-0.2, -0.15) is 0 Å². The maximum Gasteiger partial charge on any atom is 0.258 e. The monoisotopic (exact) mass is 393 g/mol. The molecule has 0 saturated heterocycles. The van der Waals surface area contributed by atoms with E-state index < -0.39 is 5.82 Å². The Kier molecular flexibility index (Phi) is 7.00. The Bertz CT molecular complexity index is 415. The second-order valence-corrected chi connectivity index (χ2v) is 5.90. The van der Waals surface area contributed by atoms with E-state index >= 15 is 0 Å². The molecule has 106 valence electrons. The molecule has 19 heavy (non-hydrogen) atoms. The molecule has 1 aromatic rings. The van der Waals surface area contributed by atoms with Crippen molar-refractivity contribution in [3.05, 3.63) is 34.1 Å². The number of carbonyl (C=O) groups excluding carboxylic acids is 1. The van der Waals surface area contributed by atoms with Crippen molar-refractivity contribution in [1.29, 1.82) is 0 Å². The summed E-state index contributed by atoms with van der Waals surface area (Å²) in [6.45, 7) is 4.66. The van der Waals surface area contributed by atoms with Gasteiger partial charge in [0.1, 0.15) is 5.82 Å². The van der Waals surface area contributed by atoms with Crippen molar-refractivity contribution in [1.82, 2.24) is 4.90 Å². The molecule has 0 radical (unpaired) electrons. The summed E-state index contributed by atoms with van der Waals surface area (Å²) < 4.78 is 14.4. The quantitative estimate of drug-likeness (QED) is 0.645. The largest absolute Gasteiger partial charge is 0.335 e. The number of benzene rings is 1. The molecule has 0 aliphatic rings. The Hall–Kier alpha value is -0.420.